The number of nitrogens with one attached hydrogen (secondary N) is 1. The van der Waals surface area contributed by atoms with E-state index in [4.69, 9.17) is 10.5 Å². The summed E-state index contributed by atoms with van der Waals surface area (Å²) in [7, 11) is 0. The van der Waals surface area contributed by atoms with E-state index in [1.165, 1.54) is 0 Å². The maximum absolute atomic E-state index is 12.6. The van der Waals surface area contributed by atoms with E-state index in [0.717, 1.165) is 9.26 Å². The predicted octanol–water partition coefficient (Wildman–Crippen LogP) is 3.20. The summed E-state index contributed by atoms with van der Waals surface area (Å²) in [6, 6.07) is 18.2. The van der Waals surface area contributed by atoms with Crippen LogP contribution in [-0.4, -0.2) is 23.0 Å². The third kappa shape index (κ3) is 4.42. The molecule has 7 heteroatoms. The Bertz CT molecular complexity index is 935. The van der Waals surface area contributed by atoms with E-state index in [-0.39, 0.29) is 12.5 Å². The van der Waals surface area contributed by atoms with Crippen molar-refractivity contribution in [2.24, 2.45) is 5.73 Å². The van der Waals surface area contributed by atoms with E-state index in [0.29, 0.717) is 17.1 Å². The standard InChI is InChI=1S/C19H16IN3O3/c20-13-3-1-4-15(11-13)23-10-2-5-17(23)19(25)22-14-6-8-16(9-7-14)26-12-18(21)24/h1-11H,12H2,(H2,21,24)(H,22,25). The molecule has 0 bridgehead atoms. The fraction of sp³-hybridized carbons (Fsp3) is 0.0526. The van der Waals surface area contributed by atoms with Crippen molar-refractivity contribution < 1.29 is 14.3 Å². The van der Waals surface area contributed by atoms with Crippen LogP contribution in [0.15, 0.2) is 66.9 Å². The summed E-state index contributed by atoms with van der Waals surface area (Å²) in [5.74, 6) is -0.262. The lowest BCUT2D eigenvalue weighted by Gasteiger charge is -2.11. The number of halogens is 1. The quantitative estimate of drug-likeness (QED) is 0.553. The SMILES string of the molecule is NC(=O)COc1ccc(NC(=O)c2cccn2-c2cccc(I)c2)cc1. The Kier molecular flexibility index (Phi) is 5.57. The van der Waals surface area contributed by atoms with Gasteiger partial charge < -0.3 is 20.4 Å². The molecule has 0 atom stereocenters. The van der Waals surface area contributed by atoms with Gasteiger partial charge in [0.05, 0.1) is 0 Å². The van der Waals surface area contributed by atoms with Gasteiger partial charge in [-0.1, -0.05) is 6.07 Å². The van der Waals surface area contributed by atoms with Crippen molar-refractivity contribution in [2.45, 2.75) is 0 Å². The highest BCUT2D eigenvalue weighted by Crippen LogP contribution is 2.19. The summed E-state index contributed by atoms with van der Waals surface area (Å²) in [4.78, 5) is 23.4. The maximum atomic E-state index is 12.6. The fourth-order valence-corrected chi connectivity index (χ4v) is 2.93. The Morgan fingerprint density at radius 3 is 2.54 bits per heavy atom. The number of anilines is 1. The first-order chi connectivity index (χ1) is 12.5. The fourth-order valence-electron chi connectivity index (χ4n) is 2.40. The molecule has 1 aromatic heterocycles. The third-order valence-electron chi connectivity index (χ3n) is 3.56. The zero-order chi connectivity index (χ0) is 18.5. The number of primary amides is 1. The average Bonchev–Trinajstić information content (AvgIpc) is 3.11. The highest BCUT2D eigenvalue weighted by molar-refractivity contribution is 14.1. The molecule has 0 saturated carbocycles. The van der Waals surface area contributed by atoms with Gasteiger partial charge in [0.1, 0.15) is 11.4 Å². The van der Waals surface area contributed by atoms with Crippen LogP contribution in [0.4, 0.5) is 5.69 Å². The molecule has 0 unspecified atom stereocenters. The van der Waals surface area contributed by atoms with Gasteiger partial charge in [0.15, 0.2) is 6.61 Å². The van der Waals surface area contributed by atoms with Crippen LogP contribution in [0.3, 0.4) is 0 Å². The Labute approximate surface area is 164 Å². The minimum Gasteiger partial charge on any atom is -0.484 e. The average molecular weight is 461 g/mol. The molecule has 6 nitrogen and oxygen atoms in total. The molecule has 3 rings (SSSR count). The zero-order valence-electron chi connectivity index (χ0n) is 13.7. The largest absolute Gasteiger partial charge is 0.484 e. The second kappa shape index (κ2) is 8.05. The zero-order valence-corrected chi connectivity index (χ0v) is 15.8. The highest BCUT2D eigenvalue weighted by Gasteiger charge is 2.12. The molecule has 2 amide bonds. The second-order valence-corrected chi connectivity index (χ2v) is 6.72. The van der Waals surface area contributed by atoms with Gasteiger partial charge in [0.25, 0.3) is 11.8 Å². The molecule has 0 aliphatic heterocycles. The molecule has 0 saturated heterocycles. The first-order valence-electron chi connectivity index (χ1n) is 7.79. The summed E-state index contributed by atoms with van der Waals surface area (Å²) >= 11 is 2.24. The molecule has 26 heavy (non-hydrogen) atoms. The smallest absolute Gasteiger partial charge is 0.272 e. The van der Waals surface area contributed by atoms with Crippen LogP contribution in [-0.2, 0) is 4.79 Å². The number of ether oxygens (including phenoxy) is 1. The van der Waals surface area contributed by atoms with Gasteiger partial charge in [-0.2, -0.15) is 0 Å². The van der Waals surface area contributed by atoms with Gasteiger partial charge in [-0.3, -0.25) is 9.59 Å². The van der Waals surface area contributed by atoms with E-state index in [9.17, 15) is 9.59 Å². The van der Waals surface area contributed by atoms with Crippen LogP contribution in [0, 0.1) is 3.57 Å². The molecule has 3 N–H and O–H groups in total. The summed E-state index contributed by atoms with van der Waals surface area (Å²) in [5.41, 5.74) is 7.11. The lowest BCUT2D eigenvalue weighted by atomic mass is 10.2. The van der Waals surface area contributed by atoms with Crippen molar-refractivity contribution in [3.05, 3.63) is 76.1 Å². The molecule has 0 spiro atoms. The topological polar surface area (TPSA) is 86.4 Å². The number of rotatable bonds is 6. The van der Waals surface area contributed by atoms with Crippen molar-refractivity contribution in [3.63, 3.8) is 0 Å². The minimum absolute atomic E-state index is 0.185. The number of carbonyl (C=O) groups is 2. The van der Waals surface area contributed by atoms with Crippen molar-refractivity contribution in [2.75, 3.05) is 11.9 Å². The van der Waals surface area contributed by atoms with Gasteiger partial charge in [0.2, 0.25) is 0 Å². The normalized spacial score (nSPS) is 10.3. The lowest BCUT2D eigenvalue weighted by Crippen LogP contribution is -2.20. The summed E-state index contributed by atoms with van der Waals surface area (Å²) in [6.07, 6.45) is 1.85. The molecular weight excluding hydrogens is 445 g/mol. The van der Waals surface area contributed by atoms with E-state index in [1.807, 2.05) is 41.1 Å². The van der Waals surface area contributed by atoms with Gasteiger partial charge in [-0.15, -0.1) is 0 Å². The highest BCUT2D eigenvalue weighted by atomic mass is 127. The number of amides is 2. The Balaban J connectivity index is 1.73. The molecule has 0 aliphatic carbocycles. The molecule has 2 aromatic carbocycles. The Morgan fingerprint density at radius 2 is 1.85 bits per heavy atom. The molecule has 1 heterocycles. The Morgan fingerprint density at radius 1 is 1.08 bits per heavy atom. The van der Waals surface area contributed by atoms with Gasteiger partial charge in [-0.25, -0.2) is 0 Å². The number of carbonyl (C=O) groups excluding carboxylic acids is 2. The number of nitrogens with two attached hydrogens (primary N) is 1. The van der Waals surface area contributed by atoms with Crippen LogP contribution < -0.4 is 15.8 Å². The number of aromatic nitrogens is 1. The maximum Gasteiger partial charge on any atom is 0.272 e. The predicted molar refractivity (Wildman–Crippen MR) is 108 cm³/mol. The van der Waals surface area contributed by atoms with Crippen LogP contribution >= 0.6 is 22.6 Å². The molecule has 0 fully saturated rings. The van der Waals surface area contributed by atoms with E-state index < -0.39 is 5.91 Å². The third-order valence-corrected chi connectivity index (χ3v) is 4.23. The number of hydrogen-bond donors (Lipinski definition) is 2. The van der Waals surface area contributed by atoms with Crippen LogP contribution in [0.1, 0.15) is 10.5 Å². The molecule has 0 aliphatic rings. The van der Waals surface area contributed by atoms with E-state index in [2.05, 4.69) is 27.9 Å². The number of benzene rings is 2. The number of nitrogens with zero attached hydrogens (tertiary/aromatic N) is 1. The van der Waals surface area contributed by atoms with E-state index >= 15 is 0 Å². The molecule has 3 aromatic rings. The van der Waals surface area contributed by atoms with Crippen molar-refractivity contribution in [1.29, 1.82) is 0 Å². The second-order valence-electron chi connectivity index (χ2n) is 5.48. The van der Waals surface area contributed by atoms with Gasteiger partial charge >= 0.3 is 0 Å². The van der Waals surface area contributed by atoms with Crippen LogP contribution in [0.2, 0.25) is 0 Å². The first-order valence-corrected chi connectivity index (χ1v) is 8.86. The molecular formula is C19H16IN3O3. The van der Waals surface area contributed by atoms with Gasteiger partial charge in [0, 0.05) is 21.1 Å². The first kappa shape index (κ1) is 18.0. The van der Waals surface area contributed by atoms with Gasteiger partial charge in [-0.05, 0) is 77.2 Å². The summed E-state index contributed by atoms with van der Waals surface area (Å²) in [6.45, 7) is -0.185. The molecule has 0 radical (unpaired) electrons. The molecule has 132 valence electrons. The van der Waals surface area contributed by atoms with Crippen LogP contribution in [0.25, 0.3) is 5.69 Å². The van der Waals surface area contributed by atoms with Crippen molar-refractivity contribution >= 4 is 40.1 Å². The van der Waals surface area contributed by atoms with Crippen molar-refractivity contribution in [3.8, 4) is 11.4 Å². The Hall–Kier alpha value is -2.81. The summed E-state index contributed by atoms with van der Waals surface area (Å²) < 4.78 is 8.12. The lowest BCUT2D eigenvalue weighted by molar-refractivity contribution is -0.119. The minimum atomic E-state index is -0.543. The number of hydrogen-bond acceptors (Lipinski definition) is 3. The van der Waals surface area contributed by atoms with E-state index in [1.54, 1.807) is 30.3 Å². The van der Waals surface area contributed by atoms with Crippen molar-refractivity contribution in [1.82, 2.24) is 4.57 Å². The monoisotopic (exact) mass is 461 g/mol. The summed E-state index contributed by atoms with van der Waals surface area (Å²) in [5, 5.41) is 2.85. The van der Waals surface area contributed by atoms with Crippen LogP contribution in [0.5, 0.6) is 5.75 Å².